The molecule has 0 unspecified atom stereocenters. The maximum Gasteiger partial charge on any atom is -0.412 e. The van der Waals surface area contributed by atoms with E-state index in [-0.39, 0.29) is 17.6 Å². The van der Waals surface area contributed by atoms with E-state index >= 15 is 0 Å². The van der Waals surface area contributed by atoms with E-state index in [0.717, 1.165) is 15.3 Å². The molecule has 0 aliphatic carbocycles. The van der Waals surface area contributed by atoms with Crippen LogP contribution >= 0.6 is 19.4 Å². The van der Waals surface area contributed by atoms with Crippen molar-refractivity contribution in [3.8, 4) is 0 Å². The molecule has 1 aromatic carbocycles. The fourth-order valence-corrected chi connectivity index (χ4v) is 5.63. The van der Waals surface area contributed by atoms with Crippen LogP contribution in [0.3, 0.4) is 0 Å². The zero-order valence-corrected chi connectivity index (χ0v) is 18.4. The second-order valence-corrected chi connectivity index (χ2v) is 12.3. The van der Waals surface area contributed by atoms with Gasteiger partial charge in [0.05, 0.1) is 0 Å². The summed E-state index contributed by atoms with van der Waals surface area (Å²) in [6.07, 6.45) is 0. The fourth-order valence-electron chi connectivity index (χ4n) is 2.74. The molecule has 0 radical (unpaired) electrons. The largest absolute Gasteiger partial charge is 0.412 e. The fraction of sp³-hybridized carbons (Fsp3) is 0.556. The van der Waals surface area contributed by atoms with Gasteiger partial charge in [-0.3, -0.25) is 0 Å². The van der Waals surface area contributed by atoms with Crippen LogP contribution in [0.15, 0.2) is 28.2 Å². The van der Waals surface area contributed by atoms with Crippen molar-refractivity contribution in [3.05, 3.63) is 29.3 Å². The molecule has 2 atom stereocenters. The first-order valence-electron chi connectivity index (χ1n) is 8.40. The van der Waals surface area contributed by atoms with E-state index in [4.69, 9.17) is 38.8 Å². The van der Waals surface area contributed by atoms with Crippen LogP contribution in [0, 0.1) is 11.8 Å². The molecular formula is C18H25Cl2N2O3Rh. The number of rotatable bonds is 5. The van der Waals surface area contributed by atoms with Gasteiger partial charge in [0, 0.05) is 0 Å². The van der Waals surface area contributed by atoms with Crippen molar-refractivity contribution in [2.75, 3.05) is 13.2 Å². The average Bonchev–Trinajstić information content (AvgIpc) is 3.23. The first-order chi connectivity index (χ1) is 11.9. The van der Waals surface area contributed by atoms with Gasteiger partial charge in [0.2, 0.25) is 0 Å². The molecule has 148 valence electrons. The first-order valence-corrected chi connectivity index (χ1v) is 13.4. The van der Waals surface area contributed by atoms with Crippen LogP contribution < -0.4 is 4.16 Å². The van der Waals surface area contributed by atoms with Gasteiger partial charge in [0.25, 0.3) is 0 Å². The number of ether oxygens (including phenoxy) is 2. The molecule has 2 N–H and O–H groups in total. The molecule has 5 nitrogen and oxygen atoms in total. The maximum absolute atomic E-state index is 6.44. The third-order valence-corrected chi connectivity index (χ3v) is 7.44. The molecule has 0 saturated carbocycles. The van der Waals surface area contributed by atoms with Gasteiger partial charge >= 0.3 is 163 Å². The van der Waals surface area contributed by atoms with Gasteiger partial charge in [-0.2, -0.15) is 0 Å². The van der Waals surface area contributed by atoms with Crippen molar-refractivity contribution in [2.24, 2.45) is 21.8 Å². The molecule has 0 bridgehead atoms. The molecular weight excluding hydrogens is 466 g/mol. The van der Waals surface area contributed by atoms with Gasteiger partial charge in [0.15, 0.2) is 0 Å². The van der Waals surface area contributed by atoms with Crippen molar-refractivity contribution in [2.45, 2.75) is 39.8 Å². The molecule has 0 aromatic heterocycles. The van der Waals surface area contributed by atoms with Crippen LogP contribution in [0.2, 0.25) is 0 Å². The molecule has 0 saturated heterocycles. The summed E-state index contributed by atoms with van der Waals surface area (Å²) in [6.45, 7) is 9.77. The number of halogens is 2. The third-order valence-electron chi connectivity index (χ3n) is 4.45. The summed E-state index contributed by atoms with van der Waals surface area (Å²) in [7, 11) is 12.9. The summed E-state index contributed by atoms with van der Waals surface area (Å²) >= 11 is -2.09. The number of hydrogen-bond acceptors (Lipinski definition) is 4. The van der Waals surface area contributed by atoms with E-state index in [1.807, 2.05) is 18.2 Å². The minimum atomic E-state index is -2.09. The van der Waals surface area contributed by atoms with Crippen molar-refractivity contribution in [1.29, 1.82) is 0 Å². The summed E-state index contributed by atoms with van der Waals surface area (Å²) in [6, 6.07) is 6.24. The van der Waals surface area contributed by atoms with Crippen LogP contribution in [0.1, 0.15) is 38.8 Å². The van der Waals surface area contributed by atoms with Crippen molar-refractivity contribution in [1.82, 2.24) is 0 Å². The molecule has 26 heavy (non-hydrogen) atoms. The second kappa shape index (κ2) is 9.01. The minimum Gasteiger partial charge on any atom is -0.412 e. The van der Waals surface area contributed by atoms with E-state index < -0.39 is 14.0 Å². The van der Waals surface area contributed by atoms with Crippen LogP contribution in [-0.2, 0) is 23.4 Å². The topological polar surface area (TPSA) is 74.7 Å². The Morgan fingerprint density at radius 3 is 1.65 bits per heavy atom. The Morgan fingerprint density at radius 2 is 1.35 bits per heavy atom. The summed E-state index contributed by atoms with van der Waals surface area (Å²) in [5.41, 5.74) is 1.75. The van der Waals surface area contributed by atoms with E-state index in [1.165, 1.54) is 0 Å². The van der Waals surface area contributed by atoms with Crippen LogP contribution in [0.4, 0.5) is 0 Å². The van der Waals surface area contributed by atoms with Gasteiger partial charge in [-0.1, -0.05) is 0 Å². The summed E-state index contributed by atoms with van der Waals surface area (Å²) in [5.74, 6) is 2.12. The average molecular weight is 491 g/mol. The Balaban J connectivity index is 0.00000243. The second-order valence-electron chi connectivity index (χ2n) is 6.93. The van der Waals surface area contributed by atoms with E-state index in [2.05, 4.69) is 27.7 Å². The van der Waals surface area contributed by atoms with Crippen molar-refractivity contribution in [3.63, 3.8) is 0 Å². The number of hydrogen-bond donors (Lipinski definition) is 0. The van der Waals surface area contributed by atoms with E-state index in [9.17, 15) is 0 Å². The van der Waals surface area contributed by atoms with E-state index in [0.29, 0.717) is 36.8 Å². The number of aliphatic imine (C=N–C) groups is 2. The van der Waals surface area contributed by atoms with Gasteiger partial charge in [-0.25, -0.2) is 0 Å². The van der Waals surface area contributed by atoms with Gasteiger partial charge in [-0.15, -0.1) is 0 Å². The minimum absolute atomic E-state index is 0. The molecule has 2 aliphatic heterocycles. The first kappa shape index (κ1) is 21.6. The van der Waals surface area contributed by atoms with Crippen LogP contribution in [-0.4, -0.2) is 42.6 Å². The molecule has 1 aromatic rings. The molecule has 0 fully saturated rings. The Kier molecular flexibility index (Phi) is 7.49. The summed E-state index contributed by atoms with van der Waals surface area (Å²) in [4.78, 5) is 9.46. The SMILES string of the molecule is CC(C)[C@H]1COC(c2cccc(C3=N[C@@H](C(C)C)CO3)[c]2[Rh]([Cl])[Cl])=N1.O. The number of benzene rings is 1. The Morgan fingerprint density at radius 1 is 0.923 bits per heavy atom. The summed E-state index contributed by atoms with van der Waals surface area (Å²) in [5, 5.41) is 0. The van der Waals surface area contributed by atoms with Gasteiger partial charge < -0.3 is 5.48 Å². The normalized spacial score (nSPS) is 22.5. The molecule has 2 heterocycles. The molecule has 8 heteroatoms. The Bertz CT molecular complexity index is 655. The van der Waals surface area contributed by atoms with Gasteiger partial charge in [-0.05, 0) is 0 Å². The van der Waals surface area contributed by atoms with Crippen molar-refractivity contribution >= 4 is 35.3 Å². The monoisotopic (exact) mass is 490 g/mol. The Hall–Kier alpha value is -0.677. The quantitative estimate of drug-likeness (QED) is 0.595. The van der Waals surface area contributed by atoms with Crippen molar-refractivity contribution < 1.29 is 28.9 Å². The molecule has 0 spiro atoms. The van der Waals surface area contributed by atoms with E-state index in [1.54, 1.807) is 0 Å². The summed E-state index contributed by atoms with van der Waals surface area (Å²) < 4.78 is 12.6. The zero-order chi connectivity index (χ0) is 18.1. The smallest absolute Gasteiger partial charge is 0.412 e. The maximum atomic E-state index is 6.44. The predicted molar refractivity (Wildman–Crippen MR) is 104 cm³/mol. The van der Waals surface area contributed by atoms with Crippen LogP contribution in [0.5, 0.6) is 0 Å². The molecule has 2 aliphatic rings. The number of nitrogens with zero attached hydrogens (tertiary/aromatic N) is 2. The zero-order valence-electron chi connectivity index (χ0n) is 15.3. The third kappa shape index (κ3) is 4.41. The van der Waals surface area contributed by atoms with Crippen LogP contribution in [0.25, 0.3) is 0 Å². The molecule has 0 amide bonds. The predicted octanol–water partition coefficient (Wildman–Crippen LogP) is 3.02. The van der Waals surface area contributed by atoms with Gasteiger partial charge in [0.1, 0.15) is 0 Å². The standard InChI is InChI=1S/C18H23N2O2.2ClH.H2O.Rh/c1-11(2)15-9-21-17(19-15)13-6-5-7-14(8-13)18-20-16(10-22-18)12(3)4;;;;/h5-7,11-12,15-16H,9-10H2,1-4H3;2*1H;1H2;/q;;;;+2/p-2/t15-,16-;;;;/m1..../s1. The Labute approximate surface area is 168 Å². The molecule has 3 rings (SSSR count).